The molecule has 1 saturated carbocycles. The van der Waals surface area contributed by atoms with Crippen molar-refractivity contribution in [1.82, 2.24) is 10.2 Å². The van der Waals surface area contributed by atoms with Crippen LogP contribution in [0.2, 0.25) is 0 Å². The molecule has 1 aliphatic carbocycles. The molecule has 2 N–H and O–H groups in total. The van der Waals surface area contributed by atoms with E-state index in [1.54, 1.807) is 0 Å². The summed E-state index contributed by atoms with van der Waals surface area (Å²) in [6.07, 6.45) is 0.609. The molecule has 0 aromatic heterocycles. The molecule has 0 bridgehead atoms. The number of thioether (sulfide) groups is 1. The van der Waals surface area contributed by atoms with Crippen molar-refractivity contribution in [2.75, 3.05) is 6.61 Å². The maximum Gasteiger partial charge on any atom is 1.00 e. The largest absolute Gasteiger partial charge is 1.00 e. The van der Waals surface area contributed by atoms with Crippen LogP contribution in [-0.2, 0) is 20.8 Å². The van der Waals surface area contributed by atoms with E-state index in [9.17, 15) is 24.6 Å². The van der Waals surface area contributed by atoms with E-state index in [2.05, 4.69) is 5.32 Å². The fourth-order valence-electron chi connectivity index (χ4n) is 3.73. The second-order valence-electron chi connectivity index (χ2n) is 6.67. The minimum absolute atomic E-state index is 0. The van der Waals surface area contributed by atoms with Crippen molar-refractivity contribution in [3.63, 3.8) is 0 Å². The molecule has 2 amide bonds. The number of β-lactam (4-membered cyclic amide) rings is 1. The van der Waals surface area contributed by atoms with Gasteiger partial charge in [-0.25, -0.2) is 0 Å². The summed E-state index contributed by atoms with van der Waals surface area (Å²) in [6, 6.07) is 8.42. The Balaban J connectivity index is 0.00000210. The molecule has 1 aromatic carbocycles. The summed E-state index contributed by atoms with van der Waals surface area (Å²) >= 11 is 1.43. The Kier molecular flexibility index (Phi) is 6.02. The van der Waals surface area contributed by atoms with Crippen LogP contribution in [0.1, 0.15) is 12.0 Å². The molecule has 1 aromatic rings. The Labute approximate surface area is 182 Å². The van der Waals surface area contributed by atoms with Crippen LogP contribution in [0.5, 0.6) is 0 Å². The van der Waals surface area contributed by atoms with Gasteiger partial charge >= 0.3 is 29.6 Å². The van der Waals surface area contributed by atoms with E-state index < -0.39 is 23.3 Å². The van der Waals surface area contributed by atoms with Crippen LogP contribution in [0, 0.1) is 5.92 Å². The van der Waals surface area contributed by atoms with Crippen molar-refractivity contribution in [2.24, 2.45) is 5.92 Å². The van der Waals surface area contributed by atoms with E-state index in [-0.39, 0.29) is 65.4 Å². The van der Waals surface area contributed by atoms with Crippen LogP contribution in [0.3, 0.4) is 0 Å². The number of fused-ring (bicyclic) bond motifs is 2. The van der Waals surface area contributed by atoms with Gasteiger partial charge in [-0.05, 0) is 17.6 Å². The van der Waals surface area contributed by atoms with E-state index in [1.165, 1.54) is 16.7 Å². The molecule has 0 radical (unpaired) electrons. The minimum atomic E-state index is -1.38. The SMILES string of the molecule is O=C(Cc1ccccc1)N[C@@H]1C(=O)N2C(C(=O)[O-])=C3C[C@H](CO)[C@@H]3S[C@H]12.[Na+]. The maximum absolute atomic E-state index is 12.4. The molecule has 0 unspecified atom stereocenters. The van der Waals surface area contributed by atoms with Gasteiger partial charge in [0.15, 0.2) is 0 Å². The third-order valence-corrected chi connectivity index (χ3v) is 6.80. The average molecular weight is 396 g/mol. The number of hydrogen-bond donors (Lipinski definition) is 2. The van der Waals surface area contributed by atoms with Crippen LogP contribution >= 0.6 is 11.8 Å². The van der Waals surface area contributed by atoms with Crippen LogP contribution in [0.15, 0.2) is 41.6 Å². The van der Waals surface area contributed by atoms with Crippen molar-refractivity contribution in [2.45, 2.75) is 29.5 Å². The predicted octanol–water partition coefficient (Wildman–Crippen LogP) is -3.98. The number of carboxylic acids is 1. The fraction of sp³-hybridized carbons (Fsp3) is 0.389. The minimum Gasteiger partial charge on any atom is -0.543 e. The molecule has 136 valence electrons. The number of amides is 2. The van der Waals surface area contributed by atoms with Gasteiger partial charge in [0.1, 0.15) is 11.4 Å². The van der Waals surface area contributed by atoms with Crippen LogP contribution < -0.4 is 40.0 Å². The van der Waals surface area contributed by atoms with Crippen molar-refractivity contribution in [3.8, 4) is 0 Å². The average Bonchev–Trinajstić information content (AvgIpc) is 2.61. The summed E-state index contributed by atoms with van der Waals surface area (Å²) in [5.41, 5.74) is 1.40. The first-order chi connectivity index (χ1) is 12.5. The van der Waals surface area contributed by atoms with Crippen molar-refractivity contribution >= 4 is 29.5 Å². The number of hydrogen-bond acceptors (Lipinski definition) is 6. The van der Waals surface area contributed by atoms with Gasteiger partial charge in [-0.3, -0.25) is 14.5 Å². The van der Waals surface area contributed by atoms with Crippen LogP contribution in [0.25, 0.3) is 0 Å². The van der Waals surface area contributed by atoms with E-state index >= 15 is 0 Å². The second-order valence-corrected chi connectivity index (χ2v) is 7.93. The molecule has 2 heterocycles. The zero-order valence-electron chi connectivity index (χ0n) is 14.8. The molecule has 3 aliphatic rings. The number of carboxylic acid groups (broad SMARTS) is 1. The molecule has 2 aliphatic heterocycles. The first kappa shape index (κ1) is 20.4. The van der Waals surface area contributed by atoms with Gasteiger partial charge < -0.3 is 20.3 Å². The van der Waals surface area contributed by atoms with E-state index in [0.29, 0.717) is 12.0 Å². The molecule has 27 heavy (non-hydrogen) atoms. The zero-order valence-corrected chi connectivity index (χ0v) is 17.6. The van der Waals surface area contributed by atoms with E-state index in [4.69, 9.17) is 0 Å². The first-order valence-electron chi connectivity index (χ1n) is 8.38. The Morgan fingerprint density at radius 2 is 2.00 bits per heavy atom. The molecule has 9 heteroatoms. The summed E-state index contributed by atoms with van der Waals surface area (Å²) in [6.45, 7) is -0.0345. The van der Waals surface area contributed by atoms with Crippen LogP contribution in [0.4, 0.5) is 0 Å². The van der Waals surface area contributed by atoms with Gasteiger partial charge in [0, 0.05) is 17.8 Å². The van der Waals surface area contributed by atoms with Gasteiger partial charge in [0.05, 0.1) is 18.1 Å². The van der Waals surface area contributed by atoms with Gasteiger partial charge in [-0.15, -0.1) is 11.8 Å². The second kappa shape index (κ2) is 7.97. The summed E-state index contributed by atoms with van der Waals surface area (Å²) in [7, 11) is 0. The zero-order chi connectivity index (χ0) is 18.4. The Bertz CT molecular complexity index is 815. The molecule has 4 rings (SSSR count). The Hall–Kier alpha value is -1.32. The van der Waals surface area contributed by atoms with E-state index in [1.807, 2.05) is 30.3 Å². The predicted molar refractivity (Wildman–Crippen MR) is 91.3 cm³/mol. The van der Waals surface area contributed by atoms with Gasteiger partial charge in [0.2, 0.25) is 5.91 Å². The molecule has 2 fully saturated rings. The first-order valence-corrected chi connectivity index (χ1v) is 9.32. The monoisotopic (exact) mass is 396 g/mol. The number of carbonyl (C=O) groups excluding carboxylic acids is 3. The van der Waals surface area contributed by atoms with Crippen molar-refractivity contribution < 1.29 is 54.2 Å². The number of benzene rings is 1. The fourth-order valence-corrected chi connectivity index (χ4v) is 5.48. The van der Waals surface area contributed by atoms with Crippen LogP contribution in [-0.4, -0.2) is 51.1 Å². The number of carbonyl (C=O) groups is 3. The molecular formula is C18H17N2NaO5S. The van der Waals surface area contributed by atoms with Gasteiger partial charge in [-0.2, -0.15) is 0 Å². The van der Waals surface area contributed by atoms with Gasteiger partial charge in [0.25, 0.3) is 5.91 Å². The topological polar surface area (TPSA) is 110 Å². The summed E-state index contributed by atoms with van der Waals surface area (Å²) in [5, 5.41) is 23.0. The Morgan fingerprint density at radius 3 is 2.63 bits per heavy atom. The third kappa shape index (κ3) is 3.45. The molecule has 1 saturated heterocycles. The summed E-state index contributed by atoms with van der Waals surface area (Å²) in [4.78, 5) is 37.4. The smallest absolute Gasteiger partial charge is 0.543 e. The molecular weight excluding hydrogens is 379 g/mol. The van der Waals surface area contributed by atoms with E-state index in [0.717, 1.165) is 5.56 Å². The standard InChI is InChI=1S/C18H18N2O5S.Na/c21-8-10-7-11-14(18(24)25)20-16(23)13(17(20)26-15(10)11)19-12(22)6-9-4-2-1-3-5-9;/h1-5,10,13,15,17,21H,6-8H2,(H,19,22)(H,24,25);/q;+1/p-1/t10-,13-,15+,17-;/m1./s1. The third-order valence-electron chi connectivity index (χ3n) is 5.08. The molecule has 7 nitrogen and oxygen atoms in total. The summed E-state index contributed by atoms with van der Waals surface area (Å²) in [5.74, 6) is -2.12. The van der Waals surface area contributed by atoms with Crippen molar-refractivity contribution in [1.29, 1.82) is 0 Å². The quantitative estimate of drug-likeness (QED) is 0.388. The maximum atomic E-state index is 12.4. The summed E-state index contributed by atoms with van der Waals surface area (Å²) < 4.78 is 0. The normalized spacial score (nSPS) is 28.2. The number of aliphatic hydroxyl groups is 1. The number of nitrogens with zero attached hydrogens (tertiary/aromatic N) is 1. The van der Waals surface area contributed by atoms with Gasteiger partial charge in [-0.1, -0.05) is 30.3 Å². The number of rotatable bonds is 5. The number of aliphatic carboxylic acids is 1. The number of nitrogens with one attached hydrogen (secondary N) is 1. The number of aliphatic hydroxyl groups excluding tert-OH is 1. The molecule has 4 atom stereocenters. The Morgan fingerprint density at radius 1 is 1.30 bits per heavy atom. The van der Waals surface area contributed by atoms with Crippen molar-refractivity contribution in [3.05, 3.63) is 47.2 Å². The molecule has 0 spiro atoms.